The van der Waals surface area contributed by atoms with E-state index in [1.165, 1.54) is 0 Å². The molecular weight excluding hydrogens is 411 g/mol. The predicted molar refractivity (Wildman–Crippen MR) is 105 cm³/mol. The third-order valence-electron chi connectivity index (χ3n) is 6.14. The molecule has 0 aromatic carbocycles. The van der Waals surface area contributed by atoms with Gasteiger partial charge < -0.3 is 14.7 Å². The average Bonchev–Trinajstić information content (AvgIpc) is 3.11. The van der Waals surface area contributed by atoms with Gasteiger partial charge in [0.15, 0.2) is 0 Å². The Morgan fingerprint density at radius 2 is 1.84 bits per heavy atom. The quantitative estimate of drug-likeness (QED) is 0.800. The van der Waals surface area contributed by atoms with E-state index in [-0.39, 0.29) is 17.5 Å². The highest BCUT2D eigenvalue weighted by Gasteiger charge is 2.44. The van der Waals surface area contributed by atoms with Crippen LogP contribution in [-0.2, 0) is 6.18 Å². The third-order valence-corrected chi connectivity index (χ3v) is 6.14. The van der Waals surface area contributed by atoms with Crippen LogP contribution in [0.5, 0.6) is 5.75 Å². The lowest BCUT2D eigenvalue weighted by Gasteiger charge is -2.35. The number of hydrogen-bond acceptors (Lipinski definition) is 5. The molecule has 0 spiro atoms. The molecule has 6 nitrogen and oxygen atoms in total. The first-order chi connectivity index (χ1) is 14.6. The molecule has 2 aromatic heterocycles. The number of nitrogens with zero attached hydrogens (tertiary/aromatic N) is 3. The number of aryl methyl sites for hydroxylation is 2. The van der Waals surface area contributed by atoms with Crippen molar-refractivity contribution in [2.24, 2.45) is 11.8 Å². The van der Waals surface area contributed by atoms with Gasteiger partial charge >= 0.3 is 6.18 Å². The second kappa shape index (κ2) is 8.11. The van der Waals surface area contributed by atoms with Crippen molar-refractivity contribution in [1.29, 1.82) is 0 Å². The van der Waals surface area contributed by atoms with Crippen LogP contribution in [0.2, 0.25) is 0 Å². The van der Waals surface area contributed by atoms with E-state index in [9.17, 15) is 23.1 Å². The van der Waals surface area contributed by atoms with Gasteiger partial charge in [-0.25, -0.2) is 0 Å². The van der Waals surface area contributed by atoms with Gasteiger partial charge in [-0.05, 0) is 62.8 Å². The predicted octanol–water partition coefficient (Wildman–Crippen LogP) is 3.40. The van der Waals surface area contributed by atoms with Crippen LogP contribution in [0.4, 0.5) is 13.2 Å². The molecule has 0 radical (unpaired) electrons. The van der Waals surface area contributed by atoms with Gasteiger partial charge in [0, 0.05) is 25.0 Å². The van der Waals surface area contributed by atoms with E-state index >= 15 is 0 Å². The van der Waals surface area contributed by atoms with Crippen LogP contribution in [0.3, 0.4) is 0 Å². The number of fused-ring (bicyclic) bond motifs is 1. The molecule has 2 aromatic rings. The summed E-state index contributed by atoms with van der Waals surface area (Å²) in [7, 11) is 0. The lowest BCUT2D eigenvalue weighted by atomic mass is 9.78. The highest BCUT2D eigenvalue weighted by molar-refractivity contribution is 5.92. The number of carbonyl (C=O) groups excluding carboxylic acids is 1. The van der Waals surface area contributed by atoms with Crippen molar-refractivity contribution < 1.29 is 27.8 Å². The van der Waals surface area contributed by atoms with Gasteiger partial charge in [0.2, 0.25) is 0 Å². The first kappa shape index (κ1) is 21.5. The number of ether oxygens (including phenoxy) is 1. The minimum Gasteiger partial charge on any atom is -0.486 e. The zero-order valence-corrected chi connectivity index (χ0v) is 17.3. The van der Waals surface area contributed by atoms with Gasteiger partial charge in [-0.15, -0.1) is 0 Å². The summed E-state index contributed by atoms with van der Waals surface area (Å²) in [6, 6.07) is 5.68. The number of likely N-dealkylation sites (tertiary alicyclic amines) is 1. The van der Waals surface area contributed by atoms with Crippen LogP contribution < -0.4 is 4.74 Å². The minimum atomic E-state index is -4.49. The van der Waals surface area contributed by atoms with E-state index in [0.717, 1.165) is 23.5 Å². The molecule has 2 fully saturated rings. The lowest BCUT2D eigenvalue weighted by Crippen LogP contribution is -2.42. The molecular formula is C22H24F3N3O3. The van der Waals surface area contributed by atoms with Gasteiger partial charge in [0.05, 0.1) is 17.4 Å². The van der Waals surface area contributed by atoms with E-state index < -0.39 is 29.9 Å². The number of alkyl halides is 3. The molecule has 1 saturated carbocycles. The van der Waals surface area contributed by atoms with Gasteiger partial charge in [0.25, 0.3) is 5.91 Å². The standard InChI is InChI=1S/C22H24F3N3O3/c1-12-3-6-19(13(2)27-12)31-20-8-15-11-28(10-14(15)7-18(20)29)21(30)17-5-4-16(9-26-17)22(23,24)25/h3-6,9,14-15,18,20,29H,7-8,10-11H2,1-2H3/t14-,15+,18+,20+/m0/s1. The number of aliphatic hydroxyl groups excluding tert-OH is 1. The molecule has 1 aliphatic carbocycles. The van der Waals surface area contributed by atoms with Crippen molar-refractivity contribution in [3.05, 3.63) is 53.1 Å². The number of rotatable bonds is 3. The van der Waals surface area contributed by atoms with Gasteiger partial charge in [-0.2, -0.15) is 13.2 Å². The summed E-state index contributed by atoms with van der Waals surface area (Å²) in [5, 5.41) is 10.6. The Morgan fingerprint density at radius 1 is 1.13 bits per heavy atom. The molecule has 0 bridgehead atoms. The van der Waals surface area contributed by atoms with E-state index in [4.69, 9.17) is 4.74 Å². The first-order valence-electron chi connectivity index (χ1n) is 10.2. The normalized spacial score (nSPS) is 25.9. The van der Waals surface area contributed by atoms with E-state index in [1.54, 1.807) is 4.90 Å². The summed E-state index contributed by atoms with van der Waals surface area (Å²) >= 11 is 0. The van der Waals surface area contributed by atoms with Crippen molar-refractivity contribution >= 4 is 5.91 Å². The Balaban J connectivity index is 1.42. The Bertz CT molecular complexity index is 965. The lowest BCUT2D eigenvalue weighted by molar-refractivity contribution is -0.137. The molecule has 1 amide bonds. The largest absolute Gasteiger partial charge is 0.486 e. The van der Waals surface area contributed by atoms with Gasteiger partial charge in [-0.1, -0.05) is 0 Å². The summed E-state index contributed by atoms with van der Waals surface area (Å²) in [4.78, 5) is 22.5. The summed E-state index contributed by atoms with van der Waals surface area (Å²) in [5.74, 6) is 0.498. The number of aromatic nitrogens is 2. The van der Waals surface area contributed by atoms with E-state index in [0.29, 0.717) is 37.9 Å². The number of carbonyl (C=O) groups is 1. The first-order valence-corrected chi connectivity index (χ1v) is 10.2. The maximum Gasteiger partial charge on any atom is 0.417 e. The topological polar surface area (TPSA) is 75.5 Å². The zero-order valence-electron chi connectivity index (χ0n) is 17.3. The molecule has 3 heterocycles. The average molecular weight is 435 g/mol. The number of halogens is 3. The van der Waals surface area contributed by atoms with Crippen LogP contribution in [0, 0.1) is 25.7 Å². The summed E-state index contributed by atoms with van der Waals surface area (Å²) < 4.78 is 44.2. The highest BCUT2D eigenvalue weighted by Crippen LogP contribution is 2.39. The fourth-order valence-electron chi connectivity index (χ4n) is 4.49. The summed E-state index contributed by atoms with van der Waals surface area (Å²) in [5.41, 5.74) is 0.742. The molecule has 0 unspecified atom stereocenters. The molecule has 1 N–H and O–H groups in total. The second-order valence-electron chi connectivity index (χ2n) is 8.39. The Kier molecular flexibility index (Phi) is 5.63. The van der Waals surface area contributed by atoms with Crippen molar-refractivity contribution in [3.8, 4) is 5.75 Å². The molecule has 4 atom stereocenters. The van der Waals surface area contributed by atoms with Crippen LogP contribution in [0.1, 0.15) is 40.3 Å². The van der Waals surface area contributed by atoms with Crippen LogP contribution in [0.25, 0.3) is 0 Å². The second-order valence-corrected chi connectivity index (χ2v) is 8.39. The van der Waals surface area contributed by atoms with Gasteiger partial charge in [-0.3, -0.25) is 14.8 Å². The molecule has 1 saturated heterocycles. The Labute approximate surface area is 178 Å². The molecule has 2 aliphatic rings. The van der Waals surface area contributed by atoms with Crippen molar-refractivity contribution in [2.45, 2.75) is 45.1 Å². The zero-order chi connectivity index (χ0) is 22.3. The van der Waals surface area contributed by atoms with Gasteiger partial charge in [0.1, 0.15) is 17.5 Å². The van der Waals surface area contributed by atoms with Crippen LogP contribution >= 0.6 is 0 Å². The summed E-state index contributed by atoms with van der Waals surface area (Å²) in [6.07, 6.45) is -3.79. The molecule has 9 heteroatoms. The molecule has 31 heavy (non-hydrogen) atoms. The number of pyridine rings is 2. The highest BCUT2D eigenvalue weighted by atomic mass is 19.4. The number of amides is 1. The maximum atomic E-state index is 12.8. The van der Waals surface area contributed by atoms with Crippen molar-refractivity contribution in [1.82, 2.24) is 14.9 Å². The molecule has 166 valence electrons. The Morgan fingerprint density at radius 3 is 2.45 bits per heavy atom. The fourth-order valence-corrected chi connectivity index (χ4v) is 4.49. The van der Waals surface area contributed by atoms with Crippen LogP contribution in [0.15, 0.2) is 30.5 Å². The molecule has 1 aliphatic heterocycles. The monoisotopic (exact) mass is 435 g/mol. The molecule has 4 rings (SSSR count). The van der Waals surface area contributed by atoms with E-state index in [2.05, 4.69) is 9.97 Å². The SMILES string of the molecule is Cc1ccc(O[C@@H]2C[C@@H]3CN(C(=O)c4ccc(C(F)(F)F)cn4)C[C@@H]3C[C@H]2O)c(C)n1. The van der Waals surface area contributed by atoms with Crippen molar-refractivity contribution in [3.63, 3.8) is 0 Å². The fraction of sp³-hybridized carbons (Fsp3) is 0.500. The number of hydrogen-bond donors (Lipinski definition) is 1. The Hall–Kier alpha value is -2.68. The minimum absolute atomic E-state index is 0.0126. The third kappa shape index (κ3) is 4.51. The number of aliphatic hydroxyl groups is 1. The van der Waals surface area contributed by atoms with Crippen LogP contribution in [-0.4, -0.2) is 51.2 Å². The van der Waals surface area contributed by atoms with E-state index in [1.807, 2.05) is 26.0 Å². The maximum absolute atomic E-state index is 12.8. The summed E-state index contributed by atoms with van der Waals surface area (Å²) in [6.45, 7) is 4.66. The van der Waals surface area contributed by atoms with Crippen molar-refractivity contribution in [2.75, 3.05) is 13.1 Å². The smallest absolute Gasteiger partial charge is 0.417 e.